The number of hydrogen-bond donors (Lipinski definition) is 2. The van der Waals surface area contributed by atoms with Crippen molar-refractivity contribution in [3.8, 4) is 0 Å². The zero-order valence-corrected chi connectivity index (χ0v) is 12.3. The molecule has 3 nitrogen and oxygen atoms in total. The zero-order valence-electron chi connectivity index (χ0n) is 10.7. The molecule has 1 aromatic carbocycles. The van der Waals surface area contributed by atoms with Crippen molar-refractivity contribution in [3.63, 3.8) is 0 Å². The van der Waals surface area contributed by atoms with E-state index in [2.05, 4.69) is 40.4 Å². The predicted molar refractivity (Wildman–Crippen MR) is 79.2 cm³/mol. The minimum absolute atomic E-state index is 0.165. The van der Waals surface area contributed by atoms with Crippen molar-refractivity contribution in [2.24, 2.45) is 5.92 Å². The van der Waals surface area contributed by atoms with Crippen LogP contribution in [0.4, 0.5) is 4.79 Å². The third-order valence-corrected chi connectivity index (χ3v) is 2.84. The summed E-state index contributed by atoms with van der Waals surface area (Å²) in [7, 11) is 0. The van der Waals surface area contributed by atoms with Gasteiger partial charge in [-0.1, -0.05) is 41.9 Å². The molecule has 0 aromatic heterocycles. The molecule has 0 spiro atoms. The first-order chi connectivity index (χ1) is 8.58. The lowest BCUT2D eigenvalue weighted by molar-refractivity contribution is 0.243. The van der Waals surface area contributed by atoms with Gasteiger partial charge in [0.2, 0.25) is 0 Å². The molecule has 1 aromatic rings. The molecule has 0 atom stereocenters. The van der Waals surface area contributed by atoms with E-state index in [9.17, 15) is 4.79 Å². The summed E-state index contributed by atoms with van der Waals surface area (Å²) in [6, 6.07) is 7.70. The minimum Gasteiger partial charge on any atom is -0.338 e. The summed E-state index contributed by atoms with van der Waals surface area (Å²) < 4.78 is 1.02. The smallest absolute Gasteiger partial charge is 0.318 e. The molecule has 1 rings (SSSR count). The van der Waals surface area contributed by atoms with E-state index in [1.807, 2.05) is 30.3 Å². The molecule has 0 heterocycles. The third-order valence-electron chi connectivity index (χ3n) is 2.35. The van der Waals surface area contributed by atoms with Gasteiger partial charge in [-0.05, 0) is 36.1 Å². The van der Waals surface area contributed by atoms with E-state index in [4.69, 9.17) is 0 Å². The van der Waals surface area contributed by atoms with Crippen LogP contribution in [-0.4, -0.2) is 12.6 Å². The number of rotatable bonds is 5. The van der Waals surface area contributed by atoms with Crippen LogP contribution in [0.3, 0.4) is 0 Å². The molecule has 0 saturated carbocycles. The number of hydrogen-bond acceptors (Lipinski definition) is 1. The van der Waals surface area contributed by atoms with E-state index in [0.717, 1.165) is 16.5 Å². The van der Waals surface area contributed by atoms with Gasteiger partial charge >= 0.3 is 6.03 Å². The van der Waals surface area contributed by atoms with Crippen LogP contribution in [0.5, 0.6) is 0 Å². The van der Waals surface area contributed by atoms with E-state index in [0.29, 0.717) is 12.5 Å². The van der Waals surface area contributed by atoms with Gasteiger partial charge in [-0.2, -0.15) is 0 Å². The molecule has 98 valence electrons. The maximum absolute atomic E-state index is 11.4. The quantitative estimate of drug-likeness (QED) is 0.854. The standard InChI is InChI=1S/C14H19BrN2O/c1-11(2)6-8-16-14(18)17-9-7-12-4-3-5-13(15)10-12/h3-5,7,9-11H,6,8H2,1-2H3,(H2,16,17,18)/b9-7+. The van der Waals surface area contributed by atoms with E-state index in [1.165, 1.54) is 0 Å². The van der Waals surface area contributed by atoms with Crippen LogP contribution in [0.2, 0.25) is 0 Å². The Balaban J connectivity index is 2.29. The van der Waals surface area contributed by atoms with Gasteiger partial charge in [0, 0.05) is 17.2 Å². The van der Waals surface area contributed by atoms with Crippen molar-refractivity contribution < 1.29 is 4.79 Å². The Hall–Kier alpha value is -1.29. The Morgan fingerprint density at radius 2 is 2.22 bits per heavy atom. The molecule has 4 heteroatoms. The van der Waals surface area contributed by atoms with E-state index >= 15 is 0 Å². The van der Waals surface area contributed by atoms with Crippen LogP contribution in [0, 0.1) is 5.92 Å². The fourth-order valence-corrected chi connectivity index (χ4v) is 1.77. The van der Waals surface area contributed by atoms with Crippen LogP contribution in [0.25, 0.3) is 6.08 Å². The number of nitrogens with one attached hydrogen (secondary N) is 2. The normalized spacial score (nSPS) is 10.9. The molecule has 0 aliphatic carbocycles. The molecule has 2 amide bonds. The van der Waals surface area contributed by atoms with E-state index in [-0.39, 0.29) is 6.03 Å². The maximum atomic E-state index is 11.4. The first kappa shape index (κ1) is 14.8. The minimum atomic E-state index is -0.165. The second kappa shape index (κ2) is 7.93. The fraction of sp³-hybridized carbons (Fsp3) is 0.357. The molecular weight excluding hydrogens is 292 g/mol. The van der Waals surface area contributed by atoms with Crippen LogP contribution in [0.1, 0.15) is 25.8 Å². The van der Waals surface area contributed by atoms with Gasteiger partial charge in [-0.3, -0.25) is 0 Å². The van der Waals surface area contributed by atoms with Crippen LogP contribution in [-0.2, 0) is 0 Å². The van der Waals surface area contributed by atoms with Gasteiger partial charge < -0.3 is 10.6 Å². The fourth-order valence-electron chi connectivity index (χ4n) is 1.35. The van der Waals surface area contributed by atoms with Crippen molar-refractivity contribution in [2.45, 2.75) is 20.3 Å². The Kier molecular flexibility index (Phi) is 6.50. The van der Waals surface area contributed by atoms with Crippen molar-refractivity contribution >= 4 is 28.0 Å². The molecule has 0 radical (unpaired) electrons. The van der Waals surface area contributed by atoms with Crippen molar-refractivity contribution in [3.05, 3.63) is 40.5 Å². The summed E-state index contributed by atoms with van der Waals surface area (Å²) in [6.45, 7) is 4.97. The van der Waals surface area contributed by atoms with Gasteiger partial charge in [0.05, 0.1) is 0 Å². The largest absolute Gasteiger partial charge is 0.338 e. The summed E-state index contributed by atoms with van der Waals surface area (Å²) >= 11 is 3.40. The average Bonchev–Trinajstić information content (AvgIpc) is 2.28. The summed E-state index contributed by atoms with van der Waals surface area (Å²) in [5.41, 5.74) is 1.03. The molecule has 0 unspecified atom stereocenters. The topological polar surface area (TPSA) is 41.1 Å². The second-order valence-corrected chi connectivity index (χ2v) is 5.39. The summed E-state index contributed by atoms with van der Waals surface area (Å²) in [4.78, 5) is 11.4. The van der Waals surface area contributed by atoms with Gasteiger partial charge in [-0.25, -0.2) is 4.79 Å². The average molecular weight is 311 g/mol. The Labute approximate surface area is 117 Å². The molecule has 0 fully saturated rings. The Bertz CT molecular complexity index is 416. The lowest BCUT2D eigenvalue weighted by Crippen LogP contribution is -2.33. The highest BCUT2D eigenvalue weighted by molar-refractivity contribution is 9.10. The first-order valence-corrected chi connectivity index (χ1v) is 6.83. The molecule has 2 N–H and O–H groups in total. The van der Waals surface area contributed by atoms with Crippen molar-refractivity contribution in [2.75, 3.05) is 6.54 Å². The maximum Gasteiger partial charge on any atom is 0.318 e. The highest BCUT2D eigenvalue weighted by atomic mass is 79.9. The monoisotopic (exact) mass is 310 g/mol. The van der Waals surface area contributed by atoms with Crippen LogP contribution in [0.15, 0.2) is 34.9 Å². The lowest BCUT2D eigenvalue weighted by Gasteiger charge is -2.06. The number of amides is 2. The van der Waals surface area contributed by atoms with E-state index in [1.54, 1.807) is 6.20 Å². The lowest BCUT2D eigenvalue weighted by atomic mass is 10.1. The SMILES string of the molecule is CC(C)CCNC(=O)N/C=C/c1cccc(Br)c1. The number of carbonyl (C=O) groups is 1. The highest BCUT2D eigenvalue weighted by Crippen LogP contribution is 2.12. The van der Waals surface area contributed by atoms with Crippen LogP contribution < -0.4 is 10.6 Å². The molecule has 0 aliphatic rings. The Morgan fingerprint density at radius 1 is 1.44 bits per heavy atom. The molecule has 0 aliphatic heterocycles. The van der Waals surface area contributed by atoms with Gasteiger partial charge in [0.15, 0.2) is 0 Å². The summed E-state index contributed by atoms with van der Waals surface area (Å²) in [6.07, 6.45) is 4.49. The van der Waals surface area contributed by atoms with Gasteiger partial charge in [-0.15, -0.1) is 0 Å². The molecule has 0 saturated heterocycles. The number of halogens is 1. The van der Waals surface area contributed by atoms with Crippen molar-refractivity contribution in [1.29, 1.82) is 0 Å². The second-order valence-electron chi connectivity index (χ2n) is 4.47. The zero-order chi connectivity index (χ0) is 13.4. The Morgan fingerprint density at radius 3 is 2.89 bits per heavy atom. The first-order valence-electron chi connectivity index (χ1n) is 6.04. The number of carbonyl (C=O) groups excluding carboxylic acids is 1. The van der Waals surface area contributed by atoms with E-state index < -0.39 is 0 Å². The van der Waals surface area contributed by atoms with Crippen molar-refractivity contribution in [1.82, 2.24) is 10.6 Å². The van der Waals surface area contributed by atoms with Gasteiger partial charge in [0.1, 0.15) is 0 Å². The highest BCUT2D eigenvalue weighted by Gasteiger charge is 1.97. The third kappa shape index (κ3) is 6.45. The summed E-state index contributed by atoms with van der Waals surface area (Å²) in [5.74, 6) is 0.600. The van der Waals surface area contributed by atoms with Gasteiger partial charge in [0.25, 0.3) is 0 Å². The number of urea groups is 1. The van der Waals surface area contributed by atoms with Crippen LogP contribution >= 0.6 is 15.9 Å². The number of benzene rings is 1. The summed E-state index contributed by atoms with van der Waals surface area (Å²) in [5, 5.41) is 5.48. The molecular formula is C14H19BrN2O. The molecule has 18 heavy (non-hydrogen) atoms. The predicted octanol–water partition coefficient (Wildman–Crippen LogP) is 3.77. The molecule has 0 bridgehead atoms.